The van der Waals surface area contributed by atoms with Gasteiger partial charge in [0.2, 0.25) is 10.0 Å². The molecule has 0 unspecified atom stereocenters. The van der Waals surface area contributed by atoms with E-state index in [0.29, 0.717) is 29.8 Å². The number of aryl methyl sites for hydroxylation is 2. The van der Waals surface area contributed by atoms with Crippen LogP contribution < -0.4 is 4.31 Å². The van der Waals surface area contributed by atoms with Gasteiger partial charge in [0.05, 0.1) is 17.0 Å². The van der Waals surface area contributed by atoms with Crippen LogP contribution in [-0.2, 0) is 21.2 Å². The largest absolute Gasteiger partial charge is 0.454 e. The second-order valence-electron chi connectivity index (χ2n) is 6.88. The molecule has 7 heteroatoms. The highest BCUT2D eigenvalue weighted by atomic mass is 32.2. The fourth-order valence-corrected chi connectivity index (χ4v) is 4.48. The van der Waals surface area contributed by atoms with Crippen LogP contribution in [-0.4, -0.2) is 39.1 Å². The minimum atomic E-state index is -3.32. The highest BCUT2D eigenvalue weighted by molar-refractivity contribution is 7.92. The number of anilines is 1. The molecular weight excluding hydrogens is 378 g/mol. The van der Waals surface area contributed by atoms with Gasteiger partial charge in [-0.15, -0.1) is 0 Å². The molecule has 0 aromatic heterocycles. The van der Waals surface area contributed by atoms with Crippen LogP contribution in [0, 0.1) is 13.8 Å². The summed E-state index contributed by atoms with van der Waals surface area (Å²) in [7, 11) is -3.32. The van der Waals surface area contributed by atoms with Gasteiger partial charge in [0.25, 0.3) is 0 Å². The lowest BCUT2D eigenvalue weighted by Gasteiger charge is -2.18. The maximum Gasteiger partial charge on any atom is 0.338 e. The molecule has 6 nitrogen and oxygen atoms in total. The fraction of sp³-hybridized carbons (Fsp3) is 0.333. The van der Waals surface area contributed by atoms with Crippen LogP contribution in [0.1, 0.15) is 44.3 Å². The number of hydrogen-bond acceptors (Lipinski definition) is 5. The van der Waals surface area contributed by atoms with E-state index >= 15 is 0 Å². The van der Waals surface area contributed by atoms with E-state index in [0.717, 1.165) is 16.7 Å². The van der Waals surface area contributed by atoms with E-state index in [2.05, 4.69) is 0 Å². The Morgan fingerprint density at radius 3 is 2.54 bits per heavy atom. The van der Waals surface area contributed by atoms with E-state index in [4.69, 9.17) is 4.74 Å². The van der Waals surface area contributed by atoms with E-state index in [9.17, 15) is 18.0 Å². The summed E-state index contributed by atoms with van der Waals surface area (Å²) >= 11 is 0. The van der Waals surface area contributed by atoms with Gasteiger partial charge in [-0.25, -0.2) is 13.2 Å². The number of benzene rings is 2. The number of carbonyl (C=O) groups is 2. The normalized spacial score (nSPS) is 13.3. The van der Waals surface area contributed by atoms with Crippen molar-refractivity contribution in [1.29, 1.82) is 0 Å². The Balaban J connectivity index is 1.70. The fourth-order valence-electron chi connectivity index (χ4n) is 3.32. The van der Waals surface area contributed by atoms with Crippen molar-refractivity contribution in [3.8, 4) is 0 Å². The van der Waals surface area contributed by atoms with E-state index < -0.39 is 16.0 Å². The lowest BCUT2D eigenvalue weighted by atomic mass is 10.1. The first-order valence-electron chi connectivity index (χ1n) is 9.14. The minimum absolute atomic E-state index is 0.0293. The first-order chi connectivity index (χ1) is 13.2. The molecule has 1 heterocycles. The van der Waals surface area contributed by atoms with Gasteiger partial charge in [-0.1, -0.05) is 17.7 Å². The van der Waals surface area contributed by atoms with Crippen molar-refractivity contribution in [1.82, 2.24) is 0 Å². The summed E-state index contributed by atoms with van der Waals surface area (Å²) in [6.07, 6.45) is 0.554. The van der Waals surface area contributed by atoms with Gasteiger partial charge in [0.1, 0.15) is 0 Å². The lowest BCUT2D eigenvalue weighted by molar-refractivity contribution is 0.0474. The van der Waals surface area contributed by atoms with Gasteiger partial charge in [-0.05, 0) is 62.6 Å². The number of rotatable bonds is 6. The molecule has 148 valence electrons. The summed E-state index contributed by atoms with van der Waals surface area (Å²) in [6.45, 7) is 5.39. The van der Waals surface area contributed by atoms with E-state index in [1.807, 2.05) is 26.0 Å². The van der Waals surface area contributed by atoms with Crippen LogP contribution in [0.2, 0.25) is 0 Å². The number of ether oxygens (including phenoxy) is 1. The molecule has 0 saturated heterocycles. The van der Waals surface area contributed by atoms with Crippen LogP contribution in [0.5, 0.6) is 0 Å². The Morgan fingerprint density at radius 2 is 1.86 bits per heavy atom. The number of hydrogen-bond donors (Lipinski definition) is 0. The molecule has 0 N–H and O–H groups in total. The summed E-state index contributed by atoms with van der Waals surface area (Å²) in [6, 6.07) is 10.3. The number of nitrogens with zero attached hydrogens (tertiary/aromatic N) is 1. The Bertz CT molecular complexity index is 1040. The van der Waals surface area contributed by atoms with Gasteiger partial charge in [0.15, 0.2) is 12.4 Å². The van der Waals surface area contributed by atoms with Crippen LogP contribution in [0.4, 0.5) is 5.69 Å². The molecule has 1 aliphatic heterocycles. The topological polar surface area (TPSA) is 80.8 Å². The maximum atomic E-state index is 12.4. The highest BCUT2D eigenvalue weighted by Gasteiger charge is 2.28. The molecule has 0 bridgehead atoms. The summed E-state index contributed by atoms with van der Waals surface area (Å²) in [4.78, 5) is 24.7. The van der Waals surface area contributed by atoms with Crippen molar-refractivity contribution < 1.29 is 22.7 Å². The molecule has 3 rings (SSSR count). The molecule has 2 aromatic rings. The molecule has 2 aromatic carbocycles. The SMILES string of the molecule is CCS(=O)(=O)N1CCc2cc(C(=O)COC(=O)c3ccc(C)cc3C)ccc21. The molecule has 28 heavy (non-hydrogen) atoms. The van der Waals surface area contributed by atoms with Crippen LogP contribution in [0.3, 0.4) is 0 Å². The first-order valence-corrected chi connectivity index (χ1v) is 10.7. The zero-order valence-corrected chi connectivity index (χ0v) is 17.0. The molecular formula is C21H23NO5S. The van der Waals surface area contributed by atoms with Gasteiger partial charge in [0, 0.05) is 12.1 Å². The molecule has 0 amide bonds. The smallest absolute Gasteiger partial charge is 0.338 e. The summed E-state index contributed by atoms with van der Waals surface area (Å²) in [5.41, 5.74) is 4.11. The van der Waals surface area contributed by atoms with Gasteiger partial charge in [-0.2, -0.15) is 0 Å². The van der Waals surface area contributed by atoms with Crippen molar-refractivity contribution in [3.05, 3.63) is 64.2 Å². The molecule has 1 aliphatic rings. The molecule has 0 saturated carbocycles. The highest BCUT2D eigenvalue weighted by Crippen LogP contribution is 2.31. The Hall–Kier alpha value is -2.67. The predicted octanol–water partition coefficient (Wildman–Crippen LogP) is 3.06. The molecule has 0 fully saturated rings. The molecule has 0 atom stereocenters. The summed E-state index contributed by atoms with van der Waals surface area (Å²) in [5.74, 6) is -0.827. The van der Waals surface area contributed by atoms with Crippen molar-refractivity contribution in [2.45, 2.75) is 27.2 Å². The van der Waals surface area contributed by atoms with E-state index in [1.165, 1.54) is 4.31 Å². The van der Waals surface area contributed by atoms with Crippen LogP contribution in [0.15, 0.2) is 36.4 Å². The third-order valence-electron chi connectivity index (χ3n) is 4.89. The Kier molecular flexibility index (Phi) is 5.56. The maximum absolute atomic E-state index is 12.4. The Morgan fingerprint density at radius 1 is 1.11 bits per heavy atom. The Labute approximate surface area is 165 Å². The molecule has 0 aliphatic carbocycles. The number of Topliss-reactive ketones (excluding diaryl/α,β-unsaturated/α-hetero) is 1. The van der Waals surface area contributed by atoms with Crippen molar-refractivity contribution in [3.63, 3.8) is 0 Å². The van der Waals surface area contributed by atoms with E-state index in [-0.39, 0.29) is 18.1 Å². The van der Waals surface area contributed by atoms with E-state index in [1.54, 1.807) is 31.2 Å². The van der Waals surface area contributed by atoms with Crippen molar-refractivity contribution in [2.24, 2.45) is 0 Å². The van der Waals surface area contributed by atoms with Crippen molar-refractivity contribution >= 4 is 27.5 Å². The van der Waals surface area contributed by atoms with Gasteiger partial charge in [-0.3, -0.25) is 9.10 Å². The van der Waals surface area contributed by atoms with Crippen LogP contribution in [0.25, 0.3) is 0 Å². The zero-order valence-electron chi connectivity index (χ0n) is 16.2. The quantitative estimate of drug-likeness (QED) is 0.549. The summed E-state index contributed by atoms with van der Waals surface area (Å²) < 4.78 is 30.9. The monoisotopic (exact) mass is 401 g/mol. The van der Waals surface area contributed by atoms with Crippen LogP contribution >= 0.6 is 0 Å². The molecule has 0 spiro atoms. The number of fused-ring (bicyclic) bond motifs is 1. The third kappa shape index (κ3) is 3.94. The number of carbonyl (C=O) groups excluding carboxylic acids is 2. The zero-order chi connectivity index (χ0) is 20.5. The standard InChI is InChI=1S/C21H23NO5S/c1-4-28(25,26)22-10-9-16-12-17(6-8-19(16)22)20(23)13-27-21(24)18-7-5-14(2)11-15(18)3/h5-8,11-12H,4,9-10,13H2,1-3H3. The van der Waals surface area contributed by atoms with Gasteiger partial charge < -0.3 is 4.74 Å². The van der Waals surface area contributed by atoms with Gasteiger partial charge >= 0.3 is 5.97 Å². The minimum Gasteiger partial charge on any atom is -0.454 e. The van der Waals surface area contributed by atoms with Crippen molar-refractivity contribution in [2.75, 3.05) is 23.2 Å². The predicted molar refractivity (Wildman–Crippen MR) is 107 cm³/mol. The lowest BCUT2D eigenvalue weighted by Crippen LogP contribution is -2.30. The second-order valence-corrected chi connectivity index (χ2v) is 9.07. The number of sulfonamides is 1. The molecule has 0 radical (unpaired) electrons. The average molecular weight is 401 g/mol. The number of esters is 1. The number of ketones is 1. The average Bonchev–Trinajstić information content (AvgIpc) is 3.09. The second kappa shape index (κ2) is 7.75. The first kappa shape index (κ1) is 20.1. The summed E-state index contributed by atoms with van der Waals surface area (Å²) in [5, 5.41) is 0. The third-order valence-corrected chi connectivity index (χ3v) is 6.67.